The SMILES string of the molecule is C#CCN(C(C)Cc1ccccc1)P(OC)OC. The maximum Gasteiger partial charge on any atom is 0.259 e. The van der Waals surface area contributed by atoms with Crippen LogP contribution < -0.4 is 0 Å². The Morgan fingerprint density at radius 2 is 1.89 bits per heavy atom. The fourth-order valence-electron chi connectivity index (χ4n) is 1.81. The second-order valence-electron chi connectivity index (χ2n) is 3.94. The van der Waals surface area contributed by atoms with Crippen molar-refractivity contribution in [3.8, 4) is 12.3 Å². The Morgan fingerprint density at radius 1 is 1.28 bits per heavy atom. The quantitative estimate of drug-likeness (QED) is 0.558. The van der Waals surface area contributed by atoms with Gasteiger partial charge in [-0.15, -0.1) is 6.42 Å². The number of terminal acetylenes is 1. The zero-order valence-corrected chi connectivity index (χ0v) is 12.1. The summed E-state index contributed by atoms with van der Waals surface area (Å²) in [5, 5.41) is 0. The van der Waals surface area contributed by atoms with E-state index in [0.717, 1.165) is 6.42 Å². The van der Waals surface area contributed by atoms with Crippen LogP contribution in [0.3, 0.4) is 0 Å². The summed E-state index contributed by atoms with van der Waals surface area (Å²) in [5.74, 6) is 2.67. The second kappa shape index (κ2) is 8.24. The van der Waals surface area contributed by atoms with Gasteiger partial charge in [-0.05, 0) is 18.9 Å². The number of benzene rings is 1. The molecule has 3 nitrogen and oxygen atoms in total. The fraction of sp³-hybridized carbons (Fsp3) is 0.429. The van der Waals surface area contributed by atoms with E-state index in [-0.39, 0.29) is 6.04 Å². The highest BCUT2D eigenvalue weighted by molar-refractivity contribution is 7.44. The summed E-state index contributed by atoms with van der Waals surface area (Å²) in [4.78, 5) is 0. The lowest BCUT2D eigenvalue weighted by Gasteiger charge is -2.31. The lowest BCUT2D eigenvalue weighted by molar-refractivity contribution is 0.250. The average molecular weight is 265 g/mol. The van der Waals surface area contributed by atoms with E-state index in [1.165, 1.54) is 5.56 Å². The third-order valence-corrected chi connectivity index (χ3v) is 4.24. The highest BCUT2D eigenvalue weighted by atomic mass is 31.2. The molecule has 0 saturated carbocycles. The third kappa shape index (κ3) is 4.40. The molecule has 0 fully saturated rings. The van der Waals surface area contributed by atoms with Gasteiger partial charge in [-0.25, -0.2) is 4.67 Å². The first-order valence-corrected chi connectivity index (χ1v) is 6.98. The normalized spacial score (nSPS) is 12.7. The molecule has 1 rings (SSSR count). The van der Waals surface area contributed by atoms with E-state index in [1.807, 2.05) is 18.2 Å². The summed E-state index contributed by atoms with van der Waals surface area (Å²) in [6.07, 6.45) is 6.34. The molecule has 0 aliphatic heterocycles. The summed E-state index contributed by atoms with van der Waals surface area (Å²) in [6, 6.07) is 10.6. The molecule has 18 heavy (non-hydrogen) atoms. The van der Waals surface area contributed by atoms with Crippen molar-refractivity contribution in [3.63, 3.8) is 0 Å². The van der Waals surface area contributed by atoms with Gasteiger partial charge in [0.15, 0.2) is 0 Å². The molecule has 1 aromatic carbocycles. The van der Waals surface area contributed by atoms with Gasteiger partial charge in [0.2, 0.25) is 0 Å². The van der Waals surface area contributed by atoms with Crippen molar-refractivity contribution >= 4 is 8.53 Å². The van der Waals surface area contributed by atoms with Crippen LogP contribution in [-0.2, 0) is 15.5 Å². The van der Waals surface area contributed by atoms with E-state index < -0.39 is 8.53 Å². The maximum atomic E-state index is 5.42. The molecule has 1 atom stereocenters. The minimum absolute atomic E-state index is 0.273. The monoisotopic (exact) mass is 265 g/mol. The summed E-state index contributed by atoms with van der Waals surface area (Å²) in [6.45, 7) is 2.67. The van der Waals surface area contributed by atoms with Crippen LogP contribution in [0.4, 0.5) is 0 Å². The van der Waals surface area contributed by atoms with Gasteiger partial charge in [0.05, 0.1) is 6.54 Å². The molecule has 98 valence electrons. The molecule has 0 amide bonds. The third-order valence-electron chi connectivity index (χ3n) is 2.66. The fourth-order valence-corrected chi connectivity index (χ4v) is 2.98. The summed E-state index contributed by atoms with van der Waals surface area (Å²) >= 11 is 0. The Kier molecular flexibility index (Phi) is 6.93. The van der Waals surface area contributed by atoms with Crippen LogP contribution in [-0.4, -0.2) is 31.5 Å². The Balaban J connectivity index is 2.71. The highest BCUT2D eigenvalue weighted by Crippen LogP contribution is 2.42. The van der Waals surface area contributed by atoms with Crippen molar-refractivity contribution in [2.45, 2.75) is 19.4 Å². The van der Waals surface area contributed by atoms with Crippen molar-refractivity contribution < 1.29 is 9.05 Å². The zero-order valence-electron chi connectivity index (χ0n) is 11.2. The van der Waals surface area contributed by atoms with E-state index in [2.05, 4.69) is 29.6 Å². The Hall–Kier alpha value is -0.910. The molecular formula is C14H20NO2P. The van der Waals surface area contributed by atoms with E-state index in [9.17, 15) is 0 Å². The Morgan fingerprint density at radius 3 is 2.39 bits per heavy atom. The summed E-state index contributed by atoms with van der Waals surface area (Å²) in [5.41, 5.74) is 1.29. The number of hydrogen-bond donors (Lipinski definition) is 0. The molecule has 0 saturated heterocycles. The Bertz CT molecular complexity index is 373. The topological polar surface area (TPSA) is 21.7 Å². The molecule has 0 aliphatic rings. The van der Waals surface area contributed by atoms with Gasteiger partial charge >= 0.3 is 0 Å². The number of rotatable bonds is 7. The molecule has 0 bridgehead atoms. The number of hydrogen-bond acceptors (Lipinski definition) is 3. The van der Waals surface area contributed by atoms with Crippen LogP contribution >= 0.6 is 8.53 Å². The van der Waals surface area contributed by atoms with Gasteiger partial charge < -0.3 is 9.05 Å². The van der Waals surface area contributed by atoms with Crippen molar-refractivity contribution in [1.29, 1.82) is 0 Å². The summed E-state index contributed by atoms with van der Waals surface area (Å²) < 4.78 is 12.8. The maximum absolute atomic E-state index is 5.42. The Labute approximate surface area is 111 Å². The first-order valence-electron chi connectivity index (χ1n) is 5.85. The molecule has 1 unspecified atom stereocenters. The van der Waals surface area contributed by atoms with Gasteiger partial charge in [-0.3, -0.25) is 0 Å². The second-order valence-corrected chi connectivity index (χ2v) is 5.66. The lowest BCUT2D eigenvalue weighted by atomic mass is 10.1. The zero-order chi connectivity index (χ0) is 13.4. The molecule has 0 radical (unpaired) electrons. The minimum Gasteiger partial charge on any atom is -0.325 e. The largest absolute Gasteiger partial charge is 0.325 e. The van der Waals surface area contributed by atoms with E-state index in [0.29, 0.717) is 6.54 Å². The molecule has 1 aromatic rings. The molecule has 0 spiro atoms. The first kappa shape index (κ1) is 15.1. The molecule has 4 heteroatoms. The molecule has 0 aromatic heterocycles. The summed E-state index contributed by atoms with van der Waals surface area (Å²) in [7, 11) is 2.22. The van der Waals surface area contributed by atoms with Crippen LogP contribution in [0.2, 0.25) is 0 Å². The van der Waals surface area contributed by atoms with E-state index in [1.54, 1.807) is 14.2 Å². The predicted octanol–water partition coefficient (Wildman–Crippen LogP) is 3.07. The lowest BCUT2D eigenvalue weighted by Crippen LogP contribution is -2.31. The van der Waals surface area contributed by atoms with Crippen LogP contribution in [0, 0.1) is 12.3 Å². The van der Waals surface area contributed by atoms with Crippen LogP contribution in [0.1, 0.15) is 12.5 Å². The minimum atomic E-state index is -1.07. The van der Waals surface area contributed by atoms with Crippen molar-refractivity contribution in [2.24, 2.45) is 0 Å². The first-order chi connectivity index (χ1) is 8.72. The van der Waals surface area contributed by atoms with Gasteiger partial charge in [0.1, 0.15) is 0 Å². The van der Waals surface area contributed by atoms with Crippen LogP contribution in [0.15, 0.2) is 30.3 Å². The van der Waals surface area contributed by atoms with Gasteiger partial charge in [-0.1, -0.05) is 36.3 Å². The van der Waals surface area contributed by atoms with E-state index in [4.69, 9.17) is 15.5 Å². The highest BCUT2D eigenvalue weighted by Gasteiger charge is 2.24. The predicted molar refractivity (Wildman–Crippen MR) is 76.1 cm³/mol. The standard InChI is InChI=1S/C14H20NO2P/c1-5-11-15(18(16-3)17-4)13(2)12-14-9-7-6-8-10-14/h1,6-10,13H,11-12H2,2-4H3. The molecular weight excluding hydrogens is 245 g/mol. The van der Waals surface area contributed by atoms with Crippen LogP contribution in [0.5, 0.6) is 0 Å². The average Bonchev–Trinajstić information content (AvgIpc) is 2.40. The van der Waals surface area contributed by atoms with Crippen molar-refractivity contribution in [3.05, 3.63) is 35.9 Å². The molecule has 0 N–H and O–H groups in total. The van der Waals surface area contributed by atoms with Gasteiger partial charge in [-0.2, -0.15) is 0 Å². The van der Waals surface area contributed by atoms with E-state index >= 15 is 0 Å². The van der Waals surface area contributed by atoms with Crippen molar-refractivity contribution in [1.82, 2.24) is 4.67 Å². The van der Waals surface area contributed by atoms with Crippen molar-refractivity contribution in [2.75, 3.05) is 20.8 Å². The smallest absolute Gasteiger partial charge is 0.259 e. The van der Waals surface area contributed by atoms with Crippen LogP contribution in [0.25, 0.3) is 0 Å². The van der Waals surface area contributed by atoms with Gasteiger partial charge in [0.25, 0.3) is 8.53 Å². The number of nitrogens with zero attached hydrogens (tertiary/aromatic N) is 1. The molecule has 0 heterocycles. The van der Waals surface area contributed by atoms with Gasteiger partial charge in [0, 0.05) is 20.3 Å². The molecule has 0 aliphatic carbocycles.